The molecule has 8 rings (SSSR count). The molecule has 0 unspecified atom stereocenters. The Morgan fingerprint density at radius 1 is 0.460 bits per heavy atom. The van der Waals surface area contributed by atoms with E-state index in [0.717, 1.165) is 84.3 Å². The molecule has 0 amide bonds. The van der Waals surface area contributed by atoms with E-state index in [1.807, 2.05) is 0 Å². The van der Waals surface area contributed by atoms with Gasteiger partial charge in [0.05, 0.1) is 33.8 Å². The van der Waals surface area contributed by atoms with Gasteiger partial charge < -0.3 is 9.47 Å². The summed E-state index contributed by atoms with van der Waals surface area (Å²) in [6.45, 7) is 6.27. The van der Waals surface area contributed by atoms with E-state index in [0.29, 0.717) is 0 Å². The third-order valence-electron chi connectivity index (χ3n) is 9.74. The first-order valence-electron chi connectivity index (χ1n) is 17.6. The molecule has 1 aliphatic rings. The zero-order chi connectivity index (χ0) is 33.7. The van der Waals surface area contributed by atoms with Crippen LogP contribution in [0.2, 0.25) is 0 Å². The van der Waals surface area contributed by atoms with Crippen LogP contribution in [0.15, 0.2) is 168 Å². The molecule has 0 atom stereocenters. The van der Waals surface area contributed by atoms with E-state index in [1.165, 1.54) is 21.8 Å². The van der Waals surface area contributed by atoms with Crippen LogP contribution in [0.5, 0.6) is 0 Å². The number of nitrogens with zero attached hydrogens (tertiary/aromatic N) is 5. The molecule has 0 radical (unpaired) electrons. The molecule has 50 heavy (non-hydrogen) atoms. The van der Waals surface area contributed by atoms with Crippen molar-refractivity contribution in [2.75, 3.05) is 39.8 Å². The smallest absolute Gasteiger partial charge is 0.0781 e. The average molecular weight is 652 g/mol. The van der Waals surface area contributed by atoms with Crippen molar-refractivity contribution in [1.29, 1.82) is 0 Å². The molecule has 0 aliphatic carbocycles. The van der Waals surface area contributed by atoms with Gasteiger partial charge in [0.2, 0.25) is 0 Å². The molecule has 5 heteroatoms. The molecule has 7 aromatic rings. The summed E-state index contributed by atoms with van der Waals surface area (Å²) in [5.74, 6) is 0. The van der Waals surface area contributed by atoms with Crippen molar-refractivity contribution < 1.29 is 0 Å². The van der Waals surface area contributed by atoms with Crippen molar-refractivity contribution in [3.8, 4) is 0 Å². The maximum atomic E-state index is 5.31. The highest BCUT2D eigenvalue weighted by molar-refractivity contribution is 6.16. The van der Waals surface area contributed by atoms with E-state index in [4.69, 9.17) is 9.98 Å². The fraction of sp³-hybridized carbons (Fsp3) is 0.156. The van der Waals surface area contributed by atoms with Gasteiger partial charge in [-0.3, -0.25) is 4.90 Å². The van der Waals surface area contributed by atoms with E-state index in [2.05, 4.69) is 179 Å². The molecule has 0 spiro atoms. The van der Waals surface area contributed by atoms with Crippen LogP contribution in [0, 0.1) is 0 Å². The molecule has 2 heterocycles. The lowest BCUT2D eigenvalue weighted by atomic mass is 10.0. The summed E-state index contributed by atoms with van der Waals surface area (Å²) in [7, 11) is 2.21. The second-order valence-electron chi connectivity index (χ2n) is 13.1. The van der Waals surface area contributed by atoms with Gasteiger partial charge in [-0.1, -0.05) is 133 Å². The summed E-state index contributed by atoms with van der Waals surface area (Å²) >= 11 is 0. The van der Waals surface area contributed by atoms with Gasteiger partial charge in [0.15, 0.2) is 0 Å². The molecule has 1 aromatic heterocycles. The van der Waals surface area contributed by atoms with Gasteiger partial charge in [-0.05, 0) is 31.3 Å². The predicted octanol–water partition coefficient (Wildman–Crippen LogP) is 9.38. The molecule has 1 saturated heterocycles. The third kappa shape index (κ3) is 6.79. The summed E-state index contributed by atoms with van der Waals surface area (Å²) in [6.07, 6.45) is 0. The Balaban J connectivity index is 1.26. The predicted molar refractivity (Wildman–Crippen MR) is 210 cm³/mol. The number of hydrogen-bond acceptors (Lipinski definition) is 4. The van der Waals surface area contributed by atoms with E-state index in [9.17, 15) is 0 Å². The number of aliphatic imine (C=N–C) groups is 2. The normalized spacial score (nSPS) is 13.8. The van der Waals surface area contributed by atoms with Crippen LogP contribution >= 0.6 is 0 Å². The molecular weight excluding hydrogens is 611 g/mol. The number of aromatic nitrogens is 1. The Bertz CT molecular complexity index is 2030. The molecule has 6 aromatic carbocycles. The lowest BCUT2D eigenvalue weighted by Gasteiger charge is -2.32. The fourth-order valence-electron chi connectivity index (χ4n) is 7.00. The molecule has 1 aliphatic heterocycles. The lowest BCUT2D eigenvalue weighted by molar-refractivity contribution is 0.151. The zero-order valence-corrected chi connectivity index (χ0v) is 28.5. The van der Waals surface area contributed by atoms with Crippen molar-refractivity contribution >= 4 is 44.6 Å². The van der Waals surface area contributed by atoms with Gasteiger partial charge in [-0.2, -0.15) is 0 Å². The quantitative estimate of drug-likeness (QED) is 0.146. The minimum Gasteiger partial charge on any atom is -0.339 e. The number of piperazine rings is 1. The van der Waals surface area contributed by atoms with Gasteiger partial charge in [0, 0.05) is 72.3 Å². The number of rotatable bonds is 9. The summed E-state index contributed by atoms with van der Waals surface area (Å²) in [6, 6.07) is 55.3. The molecule has 0 bridgehead atoms. The van der Waals surface area contributed by atoms with Crippen molar-refractivity contribution in [3.63, 3.8) is 0 Å². The first-order chi connectivity index (χ1) is 24.7. The van der Waals surface area contributed by atoms with E-state index >= 15 is 0 Å². The van der Waals surface area contributed by atoms with E-state index < -0.39 is 0 Å². The Labute approximate surface area is 294 Å². The summed E-state index contributed by atoms with van der Waals surface area (Å²) in [5, 5.41) is 2.47. The van der Waals surface area contributed by atoms with Gasteiger partial charge in [-0.25, -0.2) is 9.98 Å². The highest BCUT2D eigenvalue weighted by atomic mass is 15.3. The van der Waals surface area contributed by atoms with Crippen LogP contribution in [0.1, 0.15) is 22.3 Å². The largest absolute Gasteiger partial charge is 0.339 e. The minimum atomic E-state index is 0.887. The average Bonchev–Trinajstić information content (AvgIpc) is 3.49. The molecule has 0 saturated carbocycles. The minimum absolute atomic E-state index is 0.887. The van der Waals surface area contributed by atoms with Crippen LogP contribution in [-0.2, 0) is 6.54 Å². The van der Waals surface area contributed by atoms with Gasteiger partial charge >= 0.3 is 0 Å². The maximum absolute atomic E-state index is 5.31. The van der Waals surface area contributed by atoms with Crippen LogP contribution < -0.4 is 0 Å². The highest BCUT2D eigenvalue weighted by Gasteiger charge is 2.17. The zero-order valence-electron chi connectivity index (χ0n) is 28.5. The van der Waals surface area contributed by atoms with Gasteiger partial charge in [-0.15, -0.1) is 0 Å². The Kier molecular flexibility index (Phi) is 9.16. The molecule has 5 nitrogen and oxygen atoms in total. The Morgan fingerprint density at radius 3 is 1.22 bits per heavy atom. The van der Waals surface area contributed by atoms with E-state index in [1.54, 1.807) is 0 Å². The fourth-order valence-corrected chi connectivity index (χ4v) is 7.00. The number of fused-ring (bicyclic) bond motifs is 3. The van der Waals surface area contributed by atoms with Crippen molar-refractivity contribution in [3.05, 3.63) is 180 Å². The molecule has 246 valence electrons. The Hall–Kier alpha value is -5.62. The maximum Gasteiger partial charge on any atom is 0.0781 e. The third-order valence-corrected chi connectivity index (χ3v) is 9.74. The topological polar surface area (TPSA) is 36.1 Å². The second kappa shape index (κ2) is 14.5. The van der Waals surface area contributed by atoms with Crippen LogP contribution in [0.25, 0.3) is 21.8 Å². The van der Waals surface area contributed by atoms with Gasteiger partial charge in [0.25, 0.3) is 0 Å². The second-order valence-corrected chi connectivity index (χ2v) is 13.1. The monoisotopic (exact) mass is 651 g/mol. The van der Waals surface area contributed by atoms with Gasteiger partial charge in [0.1, 0.15) is 0 Å². The molecule has 1 fully saturated rings. The first kappa shape index (κ1) is 31.6. The number of benzene rings is 6. The lowest BCUT2D eigenvalue weighted by Crippen LogP contribution is -2.45. The summed E-state index contributed by atoms with van der Waals surface area (Å²) in [5.41, 5.74) is 10.6. The number of likely N-dealkylation sites (N-methyl/N-ethyl adjacent to an activating group) is 1. The standard InChI is InChI=1S/C45H41N5/c1-48-26-28-49(29-27-48)30-31-50-42-32-38(46-44(34-14-6-2-7-15-34)35-16-8-3-9-17-35)22-24-40(42)41-25-23-39(33-43(41)50)47-45(36-18-10-4-11-19-36)37-20-12-5-13-21-37/h2-25,32-33H,26-31H2,1H3. The molecular formula is C45H41N5. The van der Waals surface area contributed by atoms with Crippen LogP contribution in [0.3, 0.4) is 0 Å². The Morgan fingerprint density at radius 2 is 0.840 bits per heavy atom. The van der Waals surface area contributed by atoms with E-state index in [-0.39, 0.29) is 0 Å². The van der Waals surface area contributed by atoms with Crippen molar-refractivity contribution in [2.24, 2.45) is 9.98 Å². The summed E-state index contributed by atoms with van der Waals surface area (Å²) in [4.78, 5) is 15.6. The van der Waals surface area contributed by atoms with Crippen molar-refractivity contribution in [1.82, 2.24) is 14.4 Å². The van der Waals surface area contributed by atoms with Crippen LogP contribution in [0.4, 0.5) is 11.4 Å². The van der Waals surface area contributed by atoms with Crippen molar-refractivity contribution in [2.45, 2.75) is 6.54 Å². The SMILES string of the molecule is CN1CCN(CCn2c3cc(N=C(c4ccccc4)c4ccccc4)ccc3c3ccc(N=C(c4ccccc4)c4ccccc4)cc32)CC1. The van der Waals surface area contributed by atoms with Crippen LogP contribution in [-0.4, -0.2) is 65.6 Å². The first-order valence-corrected chi connectivity index (χ1v) is 17.6. The molecule has 0 N–H and O–H groups in total. The number of hydrogen-bond donors (Lipinski definition) is 0. The summed E-state index contributed by atoms with van der Waals surface area (Å²) < 4.78 is 2.50. The highest BCUT2D eigenvalue weighted by Crippen LogP contribution is 2.35.